The highest BCUT2D eigenvalue weighted by Gasteiger charge is 2.21. The second-order valence-electron chi connectivity index (χ2n) is 4.69. The molecule has 1 atom stereocenters. The summed E-state index contributed by atoms with van der Waals surface area (Å²) >= 11 is 0. The molecule has 0 N–H and O–H groups in total. The maximum Gasteiger partial charge on any atom is 0.228 e. The first kappa shape index (κ1) is 11.2. The van der Waals surface area contributed by atoms with Gasteiger partial charge in [0.15, 0.2) is 0 Å². The van der Waals surface area contributed by atoms with E-state index in [0.29, 0.717) is 12.3 Å². The molecule has 0 aromatic carbocycles. The number of amides is 1. The van der Waals surface area contributed by atoms with Gasteiger partial charge in [-0.25, -0.2) is 0 Å². The number of likely N-dealkylation sites (tertiary alicyclic amines) is 1. The Kier molecular flexibility index (Phi) is 3.27. The van der Waals surface area contributed by atoms with Crippen molar-refractivity contribution in [3.05, 3.63) is 17.5 Å². The van der Waals surface area contributed by atoms with Gasteiger partial charge in [-0.05, 0) is 25.7 Å². The summed E-state index contributed by atoms with van der Waals surface area (Å²) in [5.41, 5.74) is 0.737. The standard InChI is InChI=1S/C12H18N2O2/c1-9-4-3-5-14(8-9)12(15)7-11-6-10(2)16-13-11/h6,9H,3-5,7-8H2,1-2H3. The Hall–Kier alpha value is -1.32. The lowest BCUT2D eigenvalue weighted by Gasteiger charge is -2.30. The van der Waals surface area contributed by atoms with E-state index in [-0.39, 0.29) is 5.91 Å². The quantitative estimate of drug-likeness (QED) is 0.766. The maximum absolute atomic E-state index is 12.0. The summed E-state index contributed by atoms with van der Waals surface area (Å²) in [5, 5.41) is 3.85. The molecule has 0 aliphatic carbocycles. The molecule has 1 unspecified atom stereocenters. The third-order valence-electron chi connectivity index (χ3n) is 3.02. The SMILES string of the molecule is Cc1cc(CC(=O)N2CCCC(C)C2)no1. The monoisotopic (exact) mass is 222 g/mol. The maximum atomic E-state index is 12.0. The van der Waals surface area contributed by atoms with Crippen molar-refractivity contribution in [3.63, 3.8) is 0 Å². The summed E-state index contributed by atoms with van der Waals surface area (Å²) in [6, 6.07) is 1.82. The lowest BCUT2D eigenvalue weighted by atomic mass is 10.00. The van der Waals surface area contributed by atoms with Gasteiger partial charge in [0, 0.05) is 19.2 Å². The van der Waals surface area contributed by atoms with E-state index in [1.807, 2.05) is 17.9 Å². The molecule has 1 aliphatic heterocycles. The van der Waals surface area contributed by atoms with Crippen molar-refractivity contribution >= 4 is 5.91 Å². The van der Waals surface area contributed by atoms with E-state index in [1.165, 1.54) is 6.42 Å². The van der Waals surface area contributed by atoms with Gasteiger partial charge in [-0.3, -0.25) is 4.79 Å². The second-order valence-corrected chi connectivity index (χ2v) is 4.69. The number of aromatic nitrogens is 1. The number of hydrogen-bond acceptors (Lipinski definition) is 3. The summed E-state index contributed by atoms with van der Waals surface area (Å²) < 4.78 is 4.95. The summed E-state index contributed by atoms with van der Waals surface area (Å²) in [6.07, 6.45) is 2.71. The lowest BCUT2D eigenvalue weighted by Crippen LogP contribution is -2.39. The van der Waals surface area contributed by atoms with Crippen LogP contribution in [0.15, 0.2) is 10.6 Å². The highest BCUT2D eigenvalue weighted by molar-refractivity contribution is 5.78. The zero-order valence-corrected chi connectivity index (χ0v) is 9.90. The third-order valence-corrected chi connectivity index (χ3v) is 3.02. The first-order valence-electron chi connectivity index (χ1n) is 5.85. The van der Waals surface area contributed by atoms with Crippen molar-refractivity contribution in [3.8, 4) is 0 Å². The molecule has 1 saturated heterocycles. The number of nitrogens with zero attached hydrogens (tertiary/aromatic N) is 2. The van der Waals surface area contributed by atoms with E-state index >= 15 is 0 Å². The zero-order chi connectivity index (χ0) is 11.5. The fraction of sp³-hybridized carbons (Fsp3) is 0.667. The number of hydrogen-bond donors (Lipinski definition) is 0. The average Bonchev–Trinajstić information content (AvgIpc) is 2.64. The van der Waals surface area contributed by atoms with Crippen molar-refractivity contribution < 1.29 is 9.32 Å². The molecule has 1 amide bonds. The van der Waals surface area contributed by atoms with Crippen LogP contribution < -0.4 is 0 Å². The van der Waals surface area contributed by atoms with Crippen LogP contribution in [0.25, 0.3) is 0 Å². The summed E-state index contributed by atoms with van der Waals surface area (Å²) in [4.78, 5) is 13.9. The first-order chi connectivity index (χ1) is 7.65. The molecule has 0 saturated carbocycles. The molecule has 88 valence electrons. The molecule has 1 aromatic heterocycles. The van der Waals surface area contributed by atoms with Crippen LogP contribution in [0.2, 0.25) is 0 Å². The van der Waals surface area contributed by atoms with Crippen LogP contribution in [0.1, 0.15) is 31.2 Å². The molecule has 0 bridgehead atoms. The summed E-state index contributed by atoms with van der Waals surface area (Å²) in [5.74, 6) is 1.55. The normalized spacial score (nSPS) is 21.1. The van der Waals surface area contributed by atoms with Crippen molar-refractivity contribution in [1.29, 1.82) is 0 Å². The van der Waals surface area contributed by atoms with E-state index in [2.05, 4.69) is 12.1 Å². The van der Waals surface area contributed by atoms with Gasteiger partial charge in [-0.1, -0.05) is 12.1 Å². The Balaban J connectivity index is 1.92. The van der Waals surface area contributed by atoms with E-state index in [4.69, 9.17) is 4.52 Å². The van der Waals surface area contributed by atoms with E-state index in [0.717, 1.165) is 31.0 Å². The zero-order valence-electron chi connectivity index (χ0n) is 9.90. The molecule has 2 heterocycles. The van der Waals surface area contributed by atoms with Crippen LogP contribution in [0.3, 0.4) is 0 Å². The minimum absolute atomic E-state index is 0.167. The molecular weight excluding hydrogens is 204 g/mol. The largest absolute Gasteiger partial charge is 0.361 e. The highest BCUT2D eigenvalue weighted by Crippen LogP contribution is 2.16. The van der Waals surface area contributed by atoms with Gasteiger partial charge in [0.1, 0.15) is 5.76 Å². The lowest BCUT2D eigenvalue weighted by molar-refractivity contribution is -0.132. The molecule has 1 aliphatic rings. The molecular formula is C12H18N2O2. The molecule has 16 heavy (non-hydrogen) atoms. The molecule has 1 fully saturated rings. The Morgan fingerprint density at radius 3 is 3.12 bits per heavy atom. The molecule has 4 nitrogen and oxygen atoms in total. The van der Waals surface area contributed by atoms with E-state index in [1.54, 1.807) is 0 Å². The van der Waals surface area contributed by atoms with Crippen LogP contribution in [0.5, 0.6) is 0 Å². The Morgan fingerprint density at radius 2 is 2.50 bits per heavy atom. The number of rotatable bonds is 2. The number of piperidine rings is 1. The summed E-state index contributed by atoms with van der Waals surface area (Å²) in [6.45, 7) is 5.80. The summed E-state index contributed by atoms with van der Waals surface area (Å²) in [7, 11) is 0. The highest BCUT2D eigenvalue weighted by atomic mass is 16.5. The van der Waals surface area contributed by atoms with Crippen LogP contribution >= 0.6 is 0 Å². The van der Waals surface area contributed by atoms with Gasteiger partial charge >= 0.3 is 0 Å². The fourth-order valence-electron chi connectivity index (χ4n) is 2.18. The first-order valence-corrected chi connectivity index (χ1v) is 5.85. The Bertz CT molecular complexity index is 373. The van der Waals surface area contributed by atoms with Gasteiger partial charge in [-0.15, -0.1) is 0 Å². The minimum Gasteiger partial charge on any atom is -0.361 e. The smallest absolute Gasteiger partial charge is 0.228 e. The van der Waals surface area contributed by atoms with Crippen molar-refractivity contribution in [2.24, 2.45) is 5.92 Å². The van der Waals surface area contributed by atoms with Crippen molar-refractivity contribution in [2.75, 3.05) is 13.1 Å². The van der Waals surface area contributed by atoms with Gasteiger partial charge < -0.3 is 9.42 Å². The fourth-order valence-corrected chi connectivity index (χ4v) is 2.18. The predicted molar refractivity (Wildman–Crippen MR) is 59.9 cm³/mol. The molecule has 0 radical (unpaired) electrons. The van der Waals surface area contributed by atoms with Gasteiger partial charge in [0.2, 0.25) is 5.91 Å². The second kappa shape index (κ2) is 4.68. The molecule has 2 rings (SSSR count). The Labute approximate surface area is 95.6 Å². The van der Waals surface area contributed by atoms with Gasteiger partial charge in [-0.2, -0.15) is 0 Å². The van der Waals surface area contributed by atoms with Crippen molar-refractivity contribution in [2.45, 2.75) is 33.1 Å². The van der Waals surface area contributed by atoms with Crippen LogP contribution in [-0.4, -0.2) is 29.1 Å². The van der Waals surface area contributed by atoms with Crippen LogP contribution in [-0.2, 0) is 11.2 Å². The van der Waals surface area contributed by atoms with Crippen LogP contribution in [0, 0.1) is 12.8 Å². The minimum atomic E-state index is 0.167. The number of carbonyl (C=O) groups excluding carboxylic acids is 1. The molecule has 4 heteroatoms. The topological polar surface area (TPSA) is 46.3 Å². The predicted octanol–water partition coefficient (Wildman–Crippen LogP) is 1.78. The molecule has 1 aromatic rings. The van der Waals surface area contributed by atoms with Crippen molar-refractivity contribution in [1.82, 2.24) is 10.1 Å². The van der Waals surface area contributed by atoms with Crippen LogP contribution in [0.4, 0.5) is 0 Å². The van der Waals surface area contributed by atoms with Gasteiger partial charge in [0.25, 0.3) is 0 Å². The number of carbonyl (C=O) groups is 1. The van der Waals surface area contributed by atoms with Gasteiger partial charge in [0.05, 0.1) is 12.1 Å². The van der Waals surface area contributed by atoms with E-state index in [9.17, 15) is 4.79 Å². The number of aryl methyl sites for hydroxylation is 1. The third kappa shape index (κ3) is 2.62. The Morgan fingerprint density at radius 1 is 1.69 bits per heavy atom. The van der Waals surface area contributed by atoms with E-state index < -0.39 is 0 Å². The molecule has 0 spiro atoms. The average molecular weight is 222 g/mol.